The zero-order valence-electron chi connectivity index (χ0n) is 7.90. The quantitative estimate of drug-likeness (QED) is 0.491. The number of rotatable bonds is 0. The predicted molar refractivity (Wildman–Crippen MR) is 43.7 cm³/mol. The second-order valence-corrected chi connectivity index (χ2v) is 4.04. The maximum Gasteiger partial charge on any atom is 0.449 e. The van der Waals surface area contributed by atoms with Crippen LogP contribution in [-0.2, 0) is 4.79 Å². The molecule has 0 aromatic carbocycles. The minimum atomic E-state index is -4.81. The average molecular weight is 208 g/mol. The lowest BCUT2D eigenvalue weighted by Crippen LogP contribution is -2.21. The van der Waals surface area contributed by atoms with Gasteiger partial charge in [0.05, 0.1) is 0 Å². The smallest absolute Gasteiger partial charge is 0.449 e. The van der Waals surface area contributed by atoms with Crippen LogP contribution in [0.2, 0.25) is 0 Å². The summed E-state index contributed by atoms with van der Waals surface area (Å²) in [7, 11) is 0. The first-order chi connectivity index (χ1) is 6.16. The first-order valence-corrected chi connectivity index (χ1v) is 4.20. The summed E-state index contributed by atoms with van der Waals surface area (Å²) in [4.78, 5) is 11.4. The zero-order chi connectivity index (χ0) is 11.1. The van der Waals surface area contributed by atoms with E-state index in [2.05, 4.69) is 0 Å². The van der Waals surface area contributed by atoms with E-state index in [-0.39, 0.29) is 6.42 Å². The second-order valence-electron chi connectivity index (χ2n) is 4.04. The van der Waals surface area contributed by atoms with Crippen molar-refractivity contribution in [2.45, 2.75) is 32.9 Å². The van der Waals surface area contributed by atoms with Crippen LogP contribution in [0.5, 0.6) is 0 Å². The molecule has 14 heavy (non-hydrogen) atoms. The third-order valence-electron chi connectivity index (χ3n) is 2.44. The highest BCUT2D eigenvalue weighted by Crippen LogP contribution is 2.41. The Bertz CT molecular complexity index is 300. The number of ketones is 1. The van der Waals surface area contributed by atoms with Gasteiger partial charge in [-0.3, -0.25) is 4.79 Å². The molecule has 0 unspecified atom stereocenters. The summed E-state index contributed by atoms with van der Waals surface area (Å²) in [5.41, 5.74) is -1.27. The molecule has 1 aliphatic rings. The molecule has 1 aliphatic carbocycles. The second kappa shape index (κ2) is 3.00. The summed E-state index contributed by atoms with van der Waals surface area (Å²) in [5.74, 6) is -2.33. The van der Waals surface area contributed by atoms with Crippen LogP contribution in [0, 0.1) is 5.41 Å². The van der Waals surface area contributed by atoms with Crippen molar-refractivity contribution in [1.29, 1.82) is 0 Å². The van der Waals surface area contributed by atoms with Gasteiger partial charge in [0.15, 0.2) is 5.78 Å². The van der Waals surface area contributed by atoms with Crippen LogP contribution in [0.3, 0.4) is 0 Å². The van der Waals surface area contributed by atoms with Crippen LogP contribution in [0.25, 0.3) is 0 Å². The highest BCUT2D eigenvalue weighted by atomic mass is 19.4. The average Bonchev–Trinajstić information content (AvgIpc) is 2.25. The summed E-state index contributed by atoms with van der Waals surface area (Å²) in [6, 6.07) is 0. The SMILES string of the molecule is CC1(C)CC/C(=C(/O)C(F)(F)F)C1=O. The standard InChI is InChI=1S/C9H11F3O2/c1-8(2)4-3-5(6(8)13)7(14)9(10,11)12/h14H,3-4H2,1-2H3/b7-5-. The molecule has 0 spiro atoms. The first kappa shape index (κ1) is 11.1. The van der Waals surface area contributed by atoms with Gasteiger partial charge < -0.3 is 5.11 Å². The maximum absolute atomic E-state index is 12.1. The molecule has 0 aromatic heterocycles. The topological polar surface area (TPSA) is 37.3 Å². The summed E-state index contributed by atoms with van der Waals surface area (Å²) >= 11 is 0. The number of hydrogen-bond acceptors (Lipinski definition) is 2. The molecule has 1 saturated carbocycles. The number of allylic oxidation sites excluding steroid dienone is 2. The Morgan fingerprint density at radius 1 is 1.43 bits per heavy atom. The number of hydrogen-bond donors (Lipinski definition) is 1. The molecule has 1 fully saturated rings. The van der Waals surface area contributed by atoms with Crippen molar-refractivity contribution in [3.05, 3.63) is 11.3 Å². The highest BCUT2D eigenvalue weighted by Gasteiger charge is 2.45. The number of aliphatic hydroxyl groups is 1. The van der Waals surface area contributed by atoms with Crippen LogP contribution in [-0.4, -0.2) is 17.1 Å². The van der Waals surface area contributed by atoms with E-state index in [4.69, 9.17) is 5.11 Å². The fourth-order valence-corrected chi connectivity index (χ4v) is 1.47. The van der Waals surface area contributed by atoms with Crippen LogP contribution in [0.15, 0.2) is 11.3 Å². The van der Waals surface area contributed by atoms with Gasteiger partial charge in [0.2, 0.25) is 5.76 Å². The Hall–Kier alpha value is -1.00. The van der Waals surface area contributed by atoms with Gasteiger partial charge >= 0.3 is 6.18 Å². The molecule has 0 atom stereocenters. The Balaban J connectivity index is 3.09. The molecular formula is C9H11F3O2. The van der Waals surface area contributed by atoms with Gasteiger partial charge in [-0.1, -0.05) is 13.8 Å². The lowest BCUT2D eigenvalue weighted by molar-refractivity contribution is -0.129. The fourth-order valence-electron chi connectivity index (χ4n) is 1.47. The van der Waals surface area contributed by atoms with Gasteiger partial charge in [0.1, 0.15) is 0 Å². The molecule has 2 nitrogen and oxygen atoms in total. The normalized spacial score (nSPS) is 25.4. The van der Waals surface area contributed by atoms with E-state index in [0.29, 0.717) is 6.42 Å². The molecule has 1 rings (SSSR count). The number of alkyl halides is 3. The van der Waals surface area contributed by atoms with Gasteiger partial charge in [-0.15, -0.1) is 0 Å². The third-order valence-corrected chi connectivity index (χ3v) is 2.44. The third kappa shape index (κ3) is 1.76. The van der Waals surface area contributed by atoms with E-state index in [0.717, 1.165) is 0 Å². The summed E-state index contributed by atoms with van der Waals surface area (Å²) in [6.45, 7) is 3.15. The summed E-state index contributed by atoms with van der Waals surface area (Å²) < 4.78 is 36.2. The zero-order valence-corrected chi connectivity index (χ0v) is 7.90. The van der Waals surface area contributed by atoms with Crippen molar-refractivity contribution in [2.75, 3.05) is 0 Å². The molecule has 0 amide bonds. The van der Waals surface area contributed by atoms with Crippen LogP contribution >= 0.6 is 0 Å². The van der Waals surface area contributed by atoms with E-state index in [1.54, 1.807) is 13.8 Å². The van der Waals surface area contributed by atoms with E-state index in [9.17, 15) is 18.0 Å². The Kier molecular flexibility index (Phi) is 2.37. The Labute approximate surface area is 79.4 Å². The van der Waals surface area contributed by atoms with Crippen molar-refractivity contribution < 1.29 is 23.1 Å². The molecule has 1 N–H and O–H groups in total. The minimum Gasteiger partial charge on any atom is -0.504 e. The molecule has 5 heteroatoms. The van der Waals surface area contributed by atoms with Crippen LogP contribution < -0.4 is 0 Å². The van der Waals surface area contributed by atoms with E-state index < -0.39 is 28.7 Å². The number of Topliss-reactive ketones (excluding diaryl/α,β-unsaturated/α-hetero) is 1. The number of carbonyl (C=O) groups excluding carboxylic acids is 1. The van der Waals surface area contributed by atoms with Gasteiger partial charge in [-0.05, 0) is 12.8 Å². The molecule has 0 heterocycles. The van der Waals surface area contributed by atoms with Crippen molar-refractivity contribution in [3.8, 4) is 0 Å². The first-order valence-electron chi connectivity index (χ1n) is 4.20. The minimum absolute atomic E-state index is 0.00280. The van der Waals surface area contributed by atoms with Crippen molar-refractivity contribution in [1.82, 2.24) is 0 Å². The maximum atomic E-state index is 12.1. The largest absolute Gasteiger partial charge is 0.504 e. The van der Waals surface area contributed by atoms with Gasteiger partial charge in [0, 0.05) is 11.0 Å². The Morgan fingerprint density at radius 2 is 1.93 bits per heavy atom. The van der Waals surface area contributed by atoms with Crippen LogP contribution in [0.4, 0.5) is 13.2 Å². The predicted octanol–water partition coefficient (Wildman–Crippen LogP) is 2.75. The number of halogens is 3. The van der Waals surface area contributed by atoms with E-state index >= 15 is 0 Å². The lowest BCUT2D eigenvalue weighted by Gasteiger charge is -2.13. The Morgan fingerprint density at radius 3 is 2.21 bits per heavy atom. The van der Waals surface area contributed by atoms with Crippen LogP contribution in [0.1, 0.15) is 26.7 Å². The highest BCUT2D eigenvalue weighted by molar-refractivity contribution is 6.02. The fraction of sp³-hybridized carbons (Fsp3) is 0.667. The molecule has 0 radical (unpaired) electrons. The monoisotopic (exact) mass is 208 g/mol. The van der Waals surface area contributed by atoms with E-state index in [1.165, 1.54) is 0 Å². The summed E-state index contributed by atoms with van der Waals surface area (Å²) in [5, 5.41) is 8.82. The summed E-state index contributed by atoms with van der Waals surface area (Å²) in [6.07, 6.45) is -4.47. The number of aliphatic hydroxyl groups excluding tert-OH is 1. The van der Waals surface area contributed by atoms with Crippen molar-refractivity contribution >= 4 is 5.78 Å². The lowest BCUT2D eigenvalue weighted by atomic mass is 9.90. The number of carbonyl (C=O) groups is 1. The van der Waals surface area contributed by atoms with Gasteiger partial charge in [-0.25, -0.2) is 0 Å². The molecule has 0 saturated heterocycles. The molecule has 0 bridgehead atoms. The molecule has 80 valence electrons. The van der Waals surface area contributed by atoms with Crippen molar-refractivity contribution in [2.24, 2.45) is 5.41 Å². The van der Waals surface area contributed by atoms with Gasteiger partial charge in [0.25, 0.3) is 0 Å². The molecular weight excluding hydrogens is 197 g/mol. The van der Waals surface area contributed by atoms with Crippen molar-refractivity contribution in [3.63, 3.8) is 0 Å². The van der Waals surface area contributed by atoms with Gasteiger partial charge in [-0.2, -0.15) is 13.2 Å². The molecule has 0 aromatic rings. The van der Waals surface area contributed by atoms with E-state index in [1.807, 2.05) is 0 Å². The molecule has 0 aliphatic heterocycles.